The summed E-state index contributed by atoms with van der Waals surface area (Å²) < 4.78 is 0. The van der Waals surface area contributed by atoms with E-state index in [9.17, 15) is 4.79 Å². The second-order valence-corrected chi connectivity index (χ2v) is 5.69. The van der Waals surface area contributed by atoms with Gasteiger partial charge in [-0.3, -0.25) is 4.79 Å². The first-order valence-electron chi connectivity index (χ1n) is 7.59. The van der Waals surface area contributed by atoms with Crippen LogP contribution < -0.4 is 4.90 Å². The molecule has 0 spiro atoms. The normalized spacial score (nSPS) is 12.0. The minimum Gasteiger partial charge on any atom is -0.481 e. The van der Waals surface area contributed by atoms with Crippen molar-refractivity contribution >= 4 is 11.7 Å². The van der Waals surface area contributed by atoms with Gasteiger partial charge in [0.25, 0.3) is 0 Å². The largest absolute Gasteiger partial charge is 0.481 e. The van der Waals surface area contributed by atoms with Gasteiger partial charge in [0.05, 0.1) is 12.5 Å². The molecule has 2 aromatic carbocycles. The van der Waals surface area contributed by atoms with E-state index in [4.69, 9.17) is 5.11 Å². The Morgan fingerprint density at radius 1 is 1.09 bits per heavy atom. The third-order valence-corrected chi connectivity index (χ3v) is 4.14. The van der Waals surface area contributed by atoms with Crippen LogP contribution in [0.15, 0.2) is 48.5 Å². The van der Waals surface area contributed by atoms with E-state index in [1.807, 2.05) is 18.2 Å². The number of carboxylic acid groups (broad SMARTS) is 1. The van der Waals surface area contributed by atoms with Crippen molar-refractivity contribution < 1.29 is 9.90 Å². The van der Waals surface area contributed by atoms with Gasteiger partial charge in [0.1, 0.15) is 0 Å². The van der Waals surface area contributed by atoms with Crippen molar-refractivity contribution in [1.29, 1.82) is 0 Å². The highest BCUT2D eigenvalue weighted by Crippen LogP contribution is 2.28. The van der Waals surface area contributed by atoms with E-state index in [-0.39, 0.29) is 12.5 Å². The van der Waals surface area contributed by atoms with Gasteiger partial charge in [-0.05, 0) is 49.6 Å². The van der Waals surface area contributed by atoms with Gasteiger partial charge in [-0.2, -0.15) is 0 Å². The first kappa shape index (κ1) is 16.1. The third-order valence-electron chi connectivity index (χ3n) is 4.14. The highest BCUT2D eigenvalue weighted by Gasteiger charge is 2.17. The first-order chi connectivity index (χ1) is 10.5. The Labute approximate surface area is 132 Å². The van der Waals surface area contributed by atoms with Gasteiger partial charge >= 0.3 is 5.97 Å². The average Bonchev–Trinajstić information content (AvgIpc) is 2.51. The molecule has 2 aromatic rings. The van der Waals surface area contributed by atoms with Gasteiger partial charge < -0.3 is 10.0 Å². The molecule has 22 heavy (non-hydrogen) atoms. The number of carboxylic acids is 1. The number of hydrogen-bond acceptors (Lipinski definition) is 2. The van der Waals surface area contributed by atoms with Crippen LogP contribution in [-0.2, 0) is 4.79 Å². The molecule has 0 aliphatic rings. The van der Waals surface area contributed by atoms with Crippen LogP contribution in [0.5, 0.6) is 0 Å². The van der Waals surface area contributed by atoms with Crippen molar-refractivity contribution in [2.24, 2.45) is 0 Å². The summed E-state index contributed by atoms with van der Waals surface area (Å²) in [6, 6.07) is 16.6. The van der Waals surface area contributed by atoms with Crippen LogP contribution in [0.25, 0.3) is 0 Å². The van der Waals surface area contributed by atoms with Crippen molar-refractivity contribution in [3.05, 3.63) is 65.2 Å². The van der Waals surface area contributed by atoms with Gasteiger partial charge in [0.15, 0.2) is 0 Å². The number of anilines is 1. The van der Waals surface area contributed by atoms with Gasteiger partial charge in [-0.25, -0.2) is 0 Å². The number of aryl methyl sites for hydroxylation is 2. The molecular weight excluding hydrogens is 274 g/mol. The standard InChI is InChI=1S/C19H23NO2/c1-14-9-10-18(13-15(14)2)20(12-11-19(21)22)16(3)17-7-5-4-6-8-17/h4-10,13,16H,11-12H2,1-3H3,(H,21,22). The molecule has 0 aromatic heterocycles. The molecule has 0 heterocycles. The molecule has 0 aliphatic heterocycles. The Morgan fingerprint density at radius 3 is 2.36 bits per heavy atom. The molecule has 0 aliphatic carbocycles. The number of aliphatic carboxylic acids is 1. The van der Waals surface area contributed by atoms with E-state index >= 15 is 0 Å². The fourth-order valence-electron chi connectivity index (χ4n) is 2.58. The van der Waals surface area contributed by atoms with Gasteiger partial charge in [0.2, 0.25) is 0 Å². The first-order valence-corrected chi connectivity index (χ1v) is 7.59. The molecule has 1 atom stereocenters. The lowest BCUT2D eigenvalue weighted by molar-refractivity contribution is -0.136. The number of nitrogens with zero attached hydrogens (tertiary/aromatic N) is 1. The van der Waals surface area contributed by atoms with Crippen LogP contribution in [0.3, 0.4) is 0 Å². The third kappa shape index (κ3) is 3.88. The predicted octanol–water partition coefficient (Wildman–Crippen LogP) is 4.35. The van der Waals surface area contributed by atoms with E-state index in [0.717, 1.165) is 5.69 Å². The summed E-state index contributed by atoms with van der Waals surface area (Å²) in [6.45, 7) is 6.78. The molecule has 0 bridgehead atoms. The molecule has 3 heteroatoms. The maximum atomic E-state index is 11.0. The maximum Gasteiger partial charge on any atom is 0.305 e. The van der Waals surface area contributed by atoms with E-state index in [1.54, 1.807) is 0 Å². The monoisotopic (exact) mass is 297 g/mol. The second kappa shape index (κ2) is 7.12. The van der Waals surface area contributed by atoms with Gasteiger partial charge in [-0.1, -0.05) is 36.4 Å². The smallest absolute Gasteiger partial charge is 0.305 e. The lowest BCUT2D eigenvalue weighted by Crippen LogP contribution is -2.29. The molecule has 1 N–H and O–H groups in total. The summed E-state index contributed by atoms with van der Waals surface area (Å²) in [6.07, 6.45) is 0.129. The topological polar surface area (TPSA) is 40.5 Å². The van der Waals surface area contributed by atoms with E-state index in [0.29, 0.717) is 6.54 Å². The van der Waals surface area contributed by atoms with Crippen LogP contribution in [0.1, 0.15) is 36.1 Å². The predicted molar refractivity (Wildman–Crippen MR) is 90.4 cm³/mol. The average molecular weight is 297 g/mol. The molecule has 116 valence electrons. The summed E-state index contributed by atoms with van der Waals surface area (Å²) in [5, 5.41) is 9.03. The Morgan fingerprint density at radius 2 is 1.77 bits per heavy atom. The van der Waals surface area contributed by atoms with Crippen LogP contribution >= 0.6 is 0 Å². The molecule has 0 saturated heterocycles. The fourth-order valence-corrected chi connectivity index (χ4v) is 2.58. The summed E-state index contributed by atoms with van der Waals surface area (Å²) in [4.78, 5) is 13.2. The molecule has 2 rings (SSSR count). The lowest BCUT2D eigenvalue weighted by atomic mass is 10.0. The van der Waals surface area contributed by atoms with Gasteiger partial charge in [0, 0.05) is 12.2 Å². The highest BCUT2D eigenvalue weighted by molar-refractivity contribution is 5.68. The highest BCUT2D eigenvalue weighted by atomic mass is 16.4. The van der Waals surface area contributed by atoms with Crippen LogP contribution in [0.2, 0.25) is 0 Å². The van der Waals surface area contributed by atoms with Crippen molar-refractivity contribution in [2.75, 3.05) is 11.4 Å². The molecule has 0 fully saturated rings. The Balaban J connectivity index is 2.33. The van der Waals surface area contributed by atoms with Crippen LogP contribution in [0.4, 0.5) is 5.69 Å². The van der Waals surface area contributed by atoms with Gasteiger partial charge in [-0.15, -0.1) is 0 Å². The maximum absolute atomic E-state index is 11.0. The summed E-state index contributed by atoms with van der Waals surface area (Å²) in [5.74, 6) is -0.769. The Bertz CT molecular complexity index is 637. The van der Waals surface area contributed by atoms with E-state index < -0.39 is 5.97 Å². The minimum atomic E-state index is -0.769. The summed E-state index contributed by atoms with van der Waals surface area (Å²) >= 11 is 0. The SMILES string of the molecule is Cc1ccc(N(CCC(=O)O)C(C)c2ccccc2)cc1C. The summed E-state index contributed by atoms with van der Waals surface area (Å²) in [5.41, 5.74) is 4.72. The zero-order valence-corrected chi connectivity index (χ0v) is 13.4. The Kier molecular flexibility index (Phi) is 5.21. The quantitative estimate of drug-likeness (QED) is 0.862. The fraction of sp³-hybridized carbons (Fsp3) is 0.316. The van der Waals surface area contributed by atoms with Crippen molar-refractivity contribution in [3.8, 4) is 0 Å². The second-order valence-electron chi connectivity index (χ2n) is 5.69. The van der Waals surface area contributed by atoms with E-state index in [1.165, 1.54) is 16.7 Å². The van der Waals surface area contributed by atoms with Crippen LogP contribution in [0, 0.1) is 13.8 Å². The zero-order valence-electron chi connectivity index (χ0n) is 13.4. The number of rotatable bonds is 6. The molecule has 3 nitrogen and oxygen atoms in total. The number of carbonyl (C=O) groups is 1. The molecule has 1 unspecified atom stereocenters. The van der Waals surface area contributed by atoms with Crippen molar-refractivity contribution in [1.82, 2.24) is 0 Å². The zero-order chi connectivity index (χ0) is 16.1. The van der Waals surface area contributed by atoms with Crippen molar-refractivity contribution in [2.45, 2.75) is 33.2 Å². The molecule has 0 saturated carbocycles. The number of hydrogen-bond donors (Lipinski definition) is 1. The van der Waals surface area contributed by atoms with Crippen LogP contribution in [-0.4, -0.2) is 17.6 Å². The Hall–Kier alpha value is -2.29. The van der Waals surface area contributed by atoms with E-state index in [2.05, 4.69) is 56.0 Å². The minimum absolute atomic E-state index is 0.127. The number of benzene rings is 2. The molecule has 0 radical (unpaired) electrons. The van der Waals surface area contributed by atoms with Crippen molar-refractivity contribution in [3.63, 3.8) is 0 Å². The lowest BCUT2D eigenvalue weighted by Gasteiger charge is -2.32. The molecule has 0 amide bonds. The molecular formula is C19H23NO2. The summed E-state index contributed by atoms with van der Waals surface area (Å²) in [7, 11) is 0.